The van der Waals surface area contributed by atoms with Gasteiger partial charge in [-0.1, -0.05) is 19.9 Å². The van der Waals surface area contributed by atoms with Crippen molar-refractivity contribution in [1.29, 1.82) is 0 Å². The number of nitrogens with two attached hydrogens (primary N) is 1. The monoisotopic (exact) mass is 506 g/mol. The van der Waals surface area contributed by atoms with Crippen LogP contribution in [0.3, 0.4) is 0 Å². The number of carbonyl (C=O) groups is 2. The van der Waals surface area contributed by atoms with Crippen molar-refractivity contribution in [2.75, 3.05) is 18.2 Å². The molecule has 0 radical (unpaired) electrons. The quantitative estimate of drug-likeness (QED) is 0.302. The van der Waals surface area contributed by atoms with Crippen LogP contribution in [0, 0.1) is 0 Å². The number of benzene rings is 2. The number of imidazole rings is 1. The van der Waals surface area contributed by atoms with Crippen LogP contribution < -0.4 is 11.1 Å². The Bertz CT molecular complexity index is 1640. The van der Waals surface area contributed by atoms with Gasteiger partial charge in [-0.15, -0.1) is 0 Å². The van der Waals surface area contributed by atoms with Crippen molar-refractivity contribution in [3.8, 4) is 17.1 Å². The van der Waals surface area contributed by atoms with Crippen LogP contribution in [-0.4, -0.2) is 38.5 Å². The van der Waals surface area contributed by atoms with E-state index in [2.05, 4.69) is 41.3 Å². The molecule has 0 saturated heterocycles. The maximum Gasteiger partial charge on any atom is 0.337 e. The maximum absolute atomic E-state index is 12.7. The van der Waals surface area contributed by atoms with Crippen molar-refractivity contribution < 1.29 is 14.3 Å². The highest BCUT2D eigenvalue weighted by molar-refractivity contribution is 6.04. The molecule has 38 heavy (non-hydrogen) atoms. The molecule has 0 fully saturated rings. The molecule has 1 amide bonds. The molecule has 9 heteroatoms. The number of fused-ring (bicyclic) bond motifs is 1. The number of nitrogens with zero attached hydrogens (tertiary/aromatic N) is 4. The van der Waals surface area contributed by atoms with Crippen LogP contribution in [0.4, 0.5) is 11.6 Å². The van der Waals surface area contributed by atoms with Crippen LogP contribution in [0.15, 0.2) is 79.1 Å². The predicted octanol–water partition coefficient (Wildman–Crippen LogP) is 5.23. The number of rotatable bonds is 6. The molecule has 0 aliphatic rings. The number of esters is 1. The summed E-state index contributed by atoms with van der Waals surface area (Å²) < 4.78 is 6.69. The molecule has 190 valence electrons. The van der Waals surface area contributed by atoms with E-state index in [1.807, 2.05) is 28.8 Å². The highest BCUT2D eigenvalue weighted by Gasteiger charge is 2.18. The number of aromatic nitrogens is 4. The summed E-state index contributed by atoms with van der Waals surface area (Å²) in [6, 6.07) is 19.7. The van der Waals surface area contributed by atoms with E-state index in [0.29, 0.717) is 40.1 Å². The van der Waals surface area contributed by atoms with Crippen LogP contribution in [0.25, 0.3) is 28.1 Å². The number of hydrogen-bond acceptors (Lipinski definition) is 7. The molecule has 3 N–H and O–H groups in total. The first-order chi connectivity index (χ1) is 18.4. The first kappa shape index (κ1) is 24.6. The molecule has 0 spiro atoms. The van der Waals surface area contributed by atoms with Gasteiger partial charge in [0.05, 0.1) is 41.2 Å². The van der Waals surface area contributed by atoms with E-state index in [1.54, 1.807) is 42.7 Å². The predicted molar refractivity (Wildman–Crippen MR) is 146 cm³/mol. The fourth-order valence-corrected chi connectivity index (χ4v) is 4.16. The lowest BCUT2D eigenvalue weighted by Crippen LogP contribution is -2.13. The average molecular weight is 507 g/mol. The fraction of sp³-hybridized carbons (Fsp3) is 0.138. The van der Waals surface area contributed by atoms with Gasteiger partial charge in [0, 0.05) is 11.8 Å². The number of carbonyl (C=O) groups excluding carboxylic acids is 2. The highest BCUT2D eigenvalue weighted by atomic mass is 16.5. The van der Waals surface area contributed by atoms with Gasteiger partial charge in [0.15, 0.2) is 0 Å². The molecule has 0 atom stereocenters. The largest absolute Gasteiger partial charge is 0.465 e. The smallest absolute Gasteiger partial charge is 0.337 e. The van der Waals surface area contributed by atoms with E-state index in [4.69, 9.17) is 15.5 Å². The number of nitrogens with one attached hydrogen (secondary N) is 1. The van der Waals surface area contributed by atoms with Crippen LogP contribution >= 0.6 is 0 Å². The van der Waals surface area contributed by atoms with Crippen molar-refractivity contribution in [3.05, 3.63) is 95.8 Å². The molecule has 2 aromatic carbocycles. The van der Waals surface area contributed by atoms with Gasteiger partial charge in [0.25, 0.3) is 5.91 Å². The molecular weight excluding hydrogens is 480 g/mol. The molecule has 0 saturated carbocycles. The van der Waals surface area contributed by atoms with E-state index in [0.717, 1.165) is 16.7 Å². The minimum Gasteiger partial charge on any atom is -0.465 e. The van der Waals surface area contributed by atoms with Crippen molar-refractivity contribution in [1.82, 2.24) is 19.5 Å². The summed E-state index contributed by atoms with van der Waals surface area (Å²) in [5, 5.41) is 2.79. The average Bonchev–Trinajstić information content (AvgIpc) is 3.32. The number of ether oxygens (including phenoxy) is 1. The standard InChI is InChI=1S/C29H26N6O3/c1-17(2)20-10-12-23-24(15-20)35(27(33-23)22-5-4-14-31-26(22)30)21-11-13-25(32-16-21)34-28(36)18-6-8-19(9-7-18)29(37)38-3/h4-17H,1-3H3,(H2,30,31)(H,32,34,36). The molecule has 0 aliphatic heterocycles. The zero-order valence-electron chi connectivity index (χ0n) is 21.2. The number of pyridine rings is 2. The van der Waals surface area contributed by atoms with E-state index in [1.165, 1.54) is 12.7 Å². The van der Waals surface area contributed by atoms with Gasteiger partial charge in [-0.3, -0.25) is 9.36 Å². The lowest BCUT2D eigenvalue weighted by atomic mass is 10.0. The summed E-state index contributed by atoms with van der Waals surface area (Å²) in [6.07, 6.45) is 3.32. The number of nitrogen functional groups attached to an aromatic ring is 1. The molecule has 3 heterocycles. The molecule has 0 unspecified atom stereocenters. The van der Waals surface area contributed by atoms with Crippen molar-refractivity contribution >= 4 is 34.5 Å². The van der Waals surface area contributed by atoms with Crippen LogP contribution in [0.5, 0.6) is 0 Å². The van der Waals surface area contributed by atoms with Gasteiger partial charge in [-0.2, -0.15) is 0 Å². The second-order valence-corrected chi connectivity index (χ2v) is 9.03. The third-order valence-corrected chi connectivity index (χ3v) is 6.24. The maximum atomic E-state index is 12.7. The molecule has 0 bridgehead atoms. The van der Waals surface area contributed by atoms with E-state index >= 15 is 0 Å². The Kier molecular flexibility index (Phi) is 6.57. The number of hydrogen-bond donors (Lipinski definition) is 2. The molecule has 5 aromatic rings. The normalized spacial score (nSPS) is 11.1. The van der Waals surface area contributed by atoms with Gasteiger partial charge in [-0.05, 0) is 72.1 Å². The van der Waals surface area contributed by atoms with Crippen molar-refractivity contribution in [2.24, 2.45) is 0 Å². The third kappa shape index (κ3) is 4.69. The Balaban J connectivity index is 1.50. The van der Waals surface area contributed by atoms with Gasteiger partial charge in [0.1, 0.15) is 17.5 Å². The van der Waals surface area contributed by atoms with Gasteiger partial charge >= 0.3 is 5.97 Å². The summed E-state index contributed by atoms with van der Waals surface area (Å²) in [5.74, 6) is 0.936. The van der Waals surface area contributed by atoms with E-state index in [9.17, 15) is 9.59 Å². The van der Waals surface area contributed by atoms with Crippen LogP contribution in [-0.2, 0) is 4.74 Å². The SMILES string of the molecule is COC(=O)c1ccc(C(=O)Nc2ccc(-n3c(-c4cccnc4N)nc4ccc(C(C)C)cc43)cn2)cc1. The molecule has 9 nitrogen and oxygen atoms in total. The summed E-state index contributed by atoms with van der Waals surface area (Å²) >= 11 is 0. The Hall–Kier alpha value is -5.05. The summed E-state index contributed by atoms with van der Waals surface area (Å²) in [5.41, 5.74) is 11.4. The Morgan fingerprint density at radius 3 is 2.39 bits per heavy atom. The second kappa shape index (κ2) is 10.1. The van der Waals surface area contributed by atoms with Crippen LogP contribution in [0.2, 0.25) is 0 Å². The second-order valence-electron chi connectivity index (χ2n) is 9.03. The number of anilines is 2. The molecule has 3 aromatic heterocycles. The molecule has 0 aliphatic carbocycles. The summed E-state index contributed by atoms with van der Waals surface area (Å²) in [7, 11) is 1.31. The summed E-state index contributed by atoms with van der Waals surface area (Å²) in [4.78, 5) is 37.9. The third-order valence-electron chi connectivity index (χ3n) is 6.24. The molecule has 5 rings (SSSR count). The van der Waals surface area contributed by atoms with E-state index in [-0.39, 0.29) is 5.91 Å². The first-order valence-corrected chi connectivity index (χ1v) is 12.0. The topological polar surface area (TPSA) is 125 Å². The zero-order valence-corrected chi connectivity index (χ0v) is 21.2. The lowest BCUT2D eigenvalue weighted by Gasteiger charge is -2.12. The first-order valence-electron chi connectivity index (χ1n) is 12.0. The number of methoxy groups -OCH3 is 1. The highest BCUT2D eigenvalue weighted by Crippen LogP contribution is 2.32. The van der Waals surface area contributed by atoms with Crippen molar-refractivity contribution in [2.45, 2.75) is 19.8 Å². The minimum absolute atomic E-state index is 0.340. The van der Waals surface area contributed by atoms with Crippen molar-refractivity contribution in [3.63, 3.8) is 0 Å². The van der Waals surface area contributed by atoms with Crippen LogP contribution in [0.1, 0.15) is 46.0 Å². The zero-order chi connectivity index (χ0) is 26.8. The number of amides is 1. The Labute approximate surface area is 219 Å². The summed E-state index contributed by atoms with van der Waals surface area (Å²) in [6.45, 7) is 4.29. The fourth-order valence-electron chi connectivity index (χ4n) is 4.16. The van der Waals surface area contributed by atoms with Gasteiger partial charge in [0.2, 0.25) is 0 Å². The van der Waals surface area contributed by atoms with Gasteiger partial charge < -0.3 is 15.8 Å². The Morgan fingerprint density at radius 2 is 1.74 bits per heavy atom. The van der Waals surface area contributed by atoms with Gasteiger partial charge in [-0.25, -0.2) is 19.7 Å². The van der Waals surface area contributed by atoms with E-state index < -0.39 is 5.97 Å². The lowest BCUT2D eigenvalue weighted by molar-refractivity contribution is 0.0600. The Morgan fingerprint density at radius 1 is 0.974 bits per heavy atom. The minimum atomic E-state index is -0.464. The molecular formula is C29H26N6O3.